The molecule has 21 heavy (non-hydrogen) atoms. The van der Waals surface area contributed by atoms with Crippen molar-refractivity contribution < 1.29 is 23.6 Å². The van der Waals surface area contributed by atoms with Crippen molar-refractivity contribution in [2.45, 2.75) is 51.7 Å². The van der Waals surface area contributed by atoms with E-state index in [1.165, 1.54) is 12.8 Å². The van der Waals surface area contributed by atoms with E-state index in [-0.39, 0.29) is 12.7 Å². The number of likely N-dealkylation sites (N-methyl/N-ethyl adjacent to an activating group) is 1. The Morgan fingerprint density at radius 2 is 2.05 bits per heavy atom. The standard InChI is InChI=1S/C14H30NO5P/c1-11-5-6-13(9-12(2)19-4)10-14(11)15(3)7-8-20-21(16,17)18/h11-14H,5-10H2,1-4H3,(H2,16,17,18). The maximum atomic E-state index is 10.7. The van der Waals surface area contributed by atoms with Crippen LogP contribution in [-0.2, 0) is 13.8 Å². The summed E-state index contributed by atoms with van der Waals surface area (Å²) in [7, 11) is -0.600. The molecule has 0 amide bonds. The molecule has 0 bridgehead atoms. The van der Waals surface area contributed by atoms with Crippen molar-refractivity contribution in [3.05, 3.63) is 0 Å². The van der Waals surface area contributed by atoms with Crippen LogP contribution in [0.2, 0.25) is 0 Å². The summed E-state index contributed by atoms with van der Waals surface area (Å²) in [5, 5.41) is 0. The molecular formula is C14H30NO5P. The smallest absolute Gasteiger partial charge is 0.382 e. The first kappa shape index (κ1) is 19.1. The van der Waals surface area contributed by atoms with Gasteiger partial charge >= 0.3 is 7.82 Å². The number of phosphoric ester groups is 1. The van der Waals surface area contributed by atoms with Crippen molar-refractivity contribution in [3.63, 3.8) is 0 Å². The average Bonchev–Trinajstić information content (AvgIpc) is 2.39. The van der Waals surface area contributed by atoms with Gasteiger partial charge in [-0.2, -0.15) is 0 Å². The average molecular weight is 323 g/mol. The van der Waals surface area contributed by atoms with Gasteiger partial charge in [0.05, 0.1) is 12.7 Å². The highest BCUT2D eigenvalue weighted by Gasteiger charge is 2.31. The van der Waals surface area contributed by atoms with Gasteiger partial charge < -0.3 is 19.4 Å². The number of ether oxygens (including phenoxy) is 1. The van der Waals surface area contributed by atoms with Crippen LogP contribution in [0.3, 0.4) is 0 Å². The lowest BCUT2D eigenvalue weighted by molar-refractivity contribution is 0.0519. The molecule has 1 fully saturated rings. The first-order valence-electron chi connectivity index (χ1n) is 7.66. The Balaban J connectivity index is 2.44. The second kappa shape index (κ2) is 8.61. The van der Waals surface area contributed by atoms with Crippen LogP contribution in [0, 0.1) is 11.8 Å². The van der Waals surface area contributed by atoms with Crippen molar-refractivity contribution in [2.75, 3.05) is 27.3 Å². The highest BCUT2D eigenvalue weighted by molar-refractivity contribution is 7.46. The van der Waals surface area contributed by atoms with Crippen molar-refractivity contribution in [2.24, 2.45) is 11.8 Å². The van der Waals surface area contributed by atoms with Crippen LogP contribution in [0.4, 0.5) is 0 Å². The summed E-state index contributed by atoms with van der Waals surface area (Å²) in [6.07, 6.45) is 4.90. The highest BCUT2D eigenvalue weighted by Crippen LogP contribution is 2.36. The largest absolute Gasteiger partial charge is 0.469 e. The molecule has 0 radical (unpaired) electrons. The lowest BCUT2D eigenvalue weighted by atomic mass is 9.76. The molecule has 1 saturated carbocycles. The number of hydrogen-bond acceptors (Lipinski definition) is 4. The van der Waals surface area contributed by atoms with Gasteiger partial charge in [-0.05, 0) is 51.5 Å². The zero-order chi connectivity index (χ0) is 16.0. The van der Waals surface area contributed by atoms with E-state index < -0.39 is 7.82 Å². The zero-order valence-corrected chi connectivity index (χ0v) is 14.5. The number of rotatable bonds is 8. The molecule has 0 saturated heterocycles. The molecule has 0 aromatic heterocycles. The van der Waals surface area contributed by atoms with Gasteiger partial charge in [-0.3, -0.25) is 4.52 Å². The molecule has 4 unspecified atom stereocenters. The fourth-order valence-corrected chi connectivity index (χ4v) is 3.57. The van der Waals surface area contributed by atoms with Crippen LogP contribution in [0.25, 0.3) is 0 Å². The highest BCUT2D eigenvalue weighted by atomic mass is 31.2. The van der Waals surface area contributed by atoms with Gasteiger partial charge in [0.25, 0.3) is 0 Å². The lowest BCUT2D eigenvalue weighted by Crippen LogP contribution is -2.43. The third kappa shape index (κ3) is 7.22. The third-order valence-electron chi connectivity index (χ3n) is 4.60. The maximum Gasteiger partial charge on any atom is 0.469 e. The van der Waals surface area contributed by atoms with Crippen molar-refractivity contribution in [3.8, 4) is 0 Å². The van der Waals surface area contributed by atoms with E-state index in [0.29, 0.717) is 24.4 Å². The molecule has 0 heterocycles. The van der Waals surface area contributed by atoms with Gasteiger partial charge in [-0.15, -0.1) is 0 Å². The van der Waals surface area contributed by atoms with Crippen molar-refractivity contribution in [1.82, 2.24) is 4.90 Å². The molecule has 0 spiro atoms. The summed E-state index contributed by atoms with van der Waals surface area (Å²) in [5.41, 5.74) is 0. The second-order valence-corrected chi connectivity index (χ2v) is 7.55. The van der Waals surface area contributed by atoms with Crippen LogP contribution in [0.5, 0.6) is 0 Å². The fraction of sp³-hybridized carbons (Fsp3) is 1.00. The van der Waals surface area contributed by atoms with Crippen LogP contribution >= 0.6 is 7.82 Å². The minimum Gasteiger partial charge on any atom is -0.382 e. The van der Waals surface area contributed by atoms with E-state index in [0.717, 1.165) is 12.8 Å². The van der Waals surface area contributed by atoms with E-state index in [9.17, 15) is 4.57 Å². The van der Waals surface area contributed by atoms with E-state index in [1.54, 1.807) is 7.11 Å². The van der Waals surface area contributed by atoms with Gasteiger partial charge in [0.15, 0.2) is 0 Å². The maximum absolute atomic E-state index is 10.7. The Morgan fingerprint density at radius 3 is 2.62 bits per heavy atom. The monoisotopic (exact) mass is 323 g/mol. The molecule has 0 aliphatic heterocycles. The van der Waals surface area contributed by atoms with Gasteiger partial charge in [0.1, 0.15) is 0 Å². The SMILES string of the molecule is COC(C)CC1CCC(C)C(N(C)CCOP(=O)(O)O)C1. The lowest BCUT2D eigenvalue weighted by Gasteiger charge is -2.40. The molecule has 7 heteroatoms. The molecule has 1 rings (SSSR count). The number of nitrogens with zero attached hydrogens (tertiary/aromatic N) is 1. The van der Waals surface area contributed by atoms with E-state index in [2.05, 4.69) is 23.3 Å². The molecule has 1 aliphatic carbocycles. The van der Waals surface area contributed by atoms with Gasteiger partial charge in [-0.25, -0.2) is 4.57 Å². The van der Waals surface area contributed by atoms with Crippen LogP contribution in [-0.4, -0.2) is 54.1 Å². The Morgan fingerprint density at radius 1 is 1.38 bits per heavy atom. The van der Waals surface area contributed by atoms with E-state index in [4.69, 9.17) is 14.5 Å². The van der Waals surface area contributed by atoms with Gasteiger partial charge in [0, 0.05) is 19.7 Å². The summed E-state index contributed by atoms with van der Waals surface area (Å²) in [4.78, 5) is 19.6. The Hall–Kier alpha value is 0.0300. The first-order chi connectivity index (χ1) is 9.73. The molecule has 6 nitrogen and oxygen atoms in total. The summed E-state index contributed by atoms with van der Waals surface area (Å²) in [6.45, 7) is 4.95. The normalized spacial score (nSPS) is 28.8. The fourth-order valence-electron chi connectivity index (χ4n) is 3.25. The topological polar surface area (TPSA) is 79.2 Å². The molecule has 0 aromatic rings. The second-order valence-electron chi connectivity index (χ2n) is 6.31. The van der Waals surface area contributed by atoms with Gasteiger partial charge in [-0.1, -0.05) is 6.92 Å². The molecule has 4 atom stereocenters. The van der Waals surface area contributed by atoms with E-state index >= 15 is 0 Å². The summed E-state index contributed by atoms with van der Waals surface area (Å²) in [6, 6.07) is 0.438. The quantitative estimate of drug-likeness (QED) is 0.667. The summed E-state index contributed by atoms with van der Waals surface area (Å²) < 4.78 is 20.6. The van der Waals surface area contributed by atoms with Crippen molar-refractivity contribution >= 4 is 7.82 Å². The Bertz CT molecular complexity index is 348. The van der Waals surface area contributed by atoms with Crippen LogP contribution in [0.15, 0.2) is 0 Å². The number of methoxy groups -OCH3 is 1. The molecule has 2 N–H and O–H groups in total. The minimum atomic E-state index is -4.36. The molecule has 0 aromatic carbocycles. The summed E-state index contributed by atoms with van der Waals surface area (Å²) >= 11 is 0. The van der Waals surface area contributed by atoms with Crippen LogP contribution < -0.4 is 0 Å². The third-order valence-corrected chi connectivity index (χ3v) is 5.12. The zero-order valence-electron chi connectivity index (χ0n) is 13.6. The molecule has 1 aliphatic rings. The van der Waals surface area contributed by atoms with Crippen molar-refractivity contribution in [1.29, 1.82) is 0 Å². The Labute approximate surface area is 128 Å². The molecule has 126 valence electrons. The predicted molar refractivity (Wildman–Crippen MR) is 82.0 cm³/mol. The predicted octanol–water partition coefficient (Wildman–Crippen LogP) is 2.26. The minimum absolute atomic E-state index is 0.0587. The molecular weight excluding hydrogens is 293 g/mol. The summed E-state index contributed by atoms with van der Waals surface area (Å²) in [5.74, 6) is 1.26. The van der Waals surface area contributed by atoms with E-state index in [1.807, 2.05) is 7.05 Å². The number of phosphoric acid groups is 1. The van der Waals surface area contributed by atoms with Crippen LogP contribution in [0.1, 0.15) is 39.5 Å². The number of hydrogen-bond donors (Lipinski definition) is 2. The van der Waals surface area contributed by atoms with Gasteiger partial charge in [0.2, 0.25) is 0 Å². The Kier molecular flexibility index (Phi) is 7.82. The first-order valence-corrected chi connectivity index (χ1v) is 9.19.